The van der Waals surface area contributed by atoms with E-state index in [9.17, 15) is 4.79 Å². The number of rotatable bonds is 2. The first kappa shape index (κ1) is 14.8. The molecule has 1 aliphatic carbocycles. The topological polar surface area (TPSA) is 41.1 Å². The molecule has 2 heterocycles. The molecule has 3 nitrogen and oxygen atoms in total. The molecule has 0 radical (unpaired) electrons. The number of amides is 1. The summed E-state index contributed by atoms with van der Waals surface area (Å²) in [6, 6.07) is 2.43. The van der Waals surface area contributed by atoms with Gasteiger partial charge in [-0.25, -0.2) is 0 Å². The molecule has 2 N–H and O–H groups in total. The fraction of sp³-hybridized carbons (Fsp3) is 0.643. The number of hydrogen-bond acceptors (Lipinski definition) is 3. The average molecular weight is 301 g/mol. The summed E-state index contributed by atoms with van der Waals surface area (Å²) in [5, 5.41) is 6.48. The van der Waals surface area contributed by atoms with Crippen LogP contribution in [0.15, 0.2) is 6.07 Å². The Balaban J connectivity index is 0.00000133. The Morgan fingerprint density at radius 3 is 2.89 bits per heavy atom. The van der Waals surface area contributed by atoms with Crippen LogP contribution in [0.5, 0.6) is 0 Å². The first-order chi connectivity index (χ1) is 8.83. The van der Waals surface area contributed by atoms with Crippen LogP contribution in [0.3, 0.4) is 0 Å². The first-order valence-corrected chi connectivity index (χ1v) is 7.78. The van der Waals surface area contributed by atoms with Gasteiger partial charge in [-0.05, 0) is 56.7 Å². The van der Waals surface area contributed by atoms with Crippen molar-refractivity contribution in [3.8, 4) is 0 Å². The normalized spacial score (nSPS) is 22.2. The Labute approximate surface area is 124 Å². The van der Waals surface area contributed by atoms with Gasteiger partial charge in [-0.1, -0.05) is 0 Å². The van der Waals surface area contributed by atoms with Gasteiger partial charge in [0.1, 0.15) is 0 Å². The van der Waals surface area contributed by atoms with E-state index in [1.54, 1.807) is 11.3 Å². The molecule has 1 aromatic rings. The van der Waals surface area contributed by atoms with Gasteiger partial charge < -0.3 is 10.6 Å². The molecule has 0 spiro atoms. The summed E-state index contributed by atoms with van der Waals surface area (Å²) in [4.78, 5) is 14.6. The average Bonchev–Trinajstić information content (AvgIpc) is 2.84. The van der Waals surface area contributed by atoms with Crippen molar-refractivity contribution in [1.29, 1.82) is 0 Å². The highest BCUT2D eigenvalue weighted by atomic mass is 35.5. The molecule has 1 amide bonds. The van der Waals surface area contributed by atoms with Crippen molar-refractivity contribution in [2.45, 2.75) is 44.6 Å². The summed E-state index contributed by atoms with van der Waals surface area (Å²) < 4.78 is 0. The summed E-state index contributed by atoms with van der Waals surface area (Å²) in [5.41, 5.74) is 1.41. The summed E-state index contributed by atoms with van der Waals surface area (Å²) in [7, 11) is 0. The summed E-state index contributed by atoms with van der Waals surface area (Å²) in [5.74, 6) is 0.128. The van der Waals surface area contributed by atoms with Gasteiger partial charge in [0.05, 0.1) is 4.88 Å². The summed E-state index contributed by atoms with van der Waals surface area (Å²) >= 11 is 1.70. The molecule has 106 valence electrons. The molecule has 0 unspecified atom stereocenters. The largest absolute Gasteiger partial charge is 0.347 e. The third-order valence-corrected chi connectivity index (χ3v) is 5.09. The highest BCUT2D eigenvalue weighted by Crippen LogP contribution is 2.29. The molecule has 1 aliphatic heterocycles. The zero-order valence-corrected chi connectivity index (χ0v) is 12.7. The SMILES string of the molecule is Cl.O=C(N[C@H]1CCCNC1)c1cc2c(s1)CCCC2. The highest BCUT2D eigenvalue weighted by Gasteiger charge is 2.20. The number of nitrogens with one attached hydrogen (secondary N) is 2. The first-order valence-electron chi connectivity index (χ1n) is 6.96. The minimum Gasteiger partial charge on any atom is -0.347 e. The van der Waals surface area contributed by atoms with Gasteiger partial charge in [0.15, 0.2) is 0 Å². The van der Waals surface area contributed by atoms with Crippen LogP contribution in [-0.2, 0) is 12.8 Å². The summed E-state index contributed by atoms with van der Waals surface area (Å²) in [6.45, 7) is 2.00. The van der Waals surface area contributed by atoms with Gasteiger partial charge in [0.25, 0.3) is 5.91 Å². The second-order valence-electron chi connectivity index (χ2n) is 5.28. The van der Waals surface area contributed by atoms with Crippen LogP contribution in [0.4, 0.5) is 0 Å². The second-order valence-corrected chi connectivity index (χ2v) is 6.42. The van der Waals surface area contributed by atoms with Crippen LogP contribution in [0, 0.1) is 0 Å². The molecule has 1 aromatic heterocycles. The van der Waals surface area contributed by atoms with Crippen molar-refractivity contribution in [1.82, 2.24) is 10.6 Å². The number of fused-ring (bicyclic) bond motifs is 1. The predicted octanol–water partition coefficient (Wildman–Crippen LogP) is 2.53. The zero-order valence-electron chi connectivity index (χ0n) is 11.0. The standard InChI is InChI=1S/C14H20N2OS.ClH/c17-14(16-11-5-3-7-15-9-11)13-8-10-4-1-2-6-12(10)18-13;/h8,11,15H,1-7,9H2,(H,16,17);1H/t11-;/m0./s1. The van der Waals surface area contributed by atoms with E-state index in [-0.39, 0.29) is 18.3 Å². The van der Waals surface area contributed by atoms with Gasteiger partial charge in [-0.3, -0.25) is 4.79 Å². The molecule has 1 saturated heterocycles. The number of piperidine rings is 1. The monoisotopic (exact) mass is 300 g/mol. The number of aryl methyl sites for hydroxylation is 2. The number of carbonyl (C=O) groups excluding carboxylic acids is 1. The number of hydrogen-bond donors (Lipinski definition) is 2. The van der Waals surface area contributed by atoms with Crippen molar-refractivity contribution in [2.24, 2.45) is 0 Å². The van der Waals surface area contributed by atoms with Gasteiger partial charge >= 0.3 is 0 Å². The van der Waals surface area contributed by atoms with Crippen molar-refractivity contribution < 1.29 is 4.79 Å². The molecule has 2 aliphatic rings. The molecule has 5 heteroatoms. The maximum atomic E-state index is 12.2. The number of halogens is 1. The Bertz CT molecular complexity index is 417. The highest BCUT2D eigenvalue weighted by molar-refractivity contribution is 7.14. The molecule has 19 heavy (non-hydrogen) atoms. The minimum atomic E-state index is 0. The van der Waals surface area contributed by atoms with Gasteiger partial charge in [0, 0.05) is 17.5 Å². The fourth-order valence-electron chi connectivity index (χ4n) is 2.83. The van der Waals surface area contributed by atoms with Crippen LogP contribution >= 0.6 is 23.7 Å². The van der Waals surface area contributed by atoms with Gasteiger partial charge in [-0.2, -0.15) is 0 Å². The van der Waals surface area contributed by atoms with Crippen molar-refractivity contribution in [2.75, 3.05) is 13.1 Å². The lowest BCUT2D eigenvalue weighted by Gasteiger charge is -2.23. The molecule has 0 bridgehead atoms. The van der Waals surface area contributed by atoms with Crippen molar-refractivity contribution in [3.05, 3.63) is 21.4 Å². The third kappa shape index (κ3) is 3.50. The molecule has 1 atom stereocenters. The van der Waals surface area contributed by atoms with E-state index in [4.69, 9.17) is 0 Å². The Morgan fingerprint density at radius 2 is 2.16 bits per heavy atom. The van der Waals surface area contributed by atoms with E-state index in [1.807, 2.05) is 0 Å². The van der Waals surface area contributed by atoms with E-state index in [0.717, 1.165) is 43.6 Å². The molecule has 0 saturated carbocycles. The Kier molecular flexibility index (Phi) is 5.25. The van der Waals surface area contributed by atoms with Crippen LogP contribution in [-0.4, -0.2) is 25.0 Å². The lowest BCUT2D eigenvalue weighted by molar-refractivity contribution is 0.0935. The smallest absolute Gasteiger partial charge is 0.261 e. The minimum absolute atomic E-state index is 0. The molecular formula is C14H21ClN2OS. The van der Waals surface area contributed by atoms with E-state index < -0.39 is 0 Å². The van der Waals surface area contributed by atoms with Gasteiger partial charge in [-0.15, -0.1) is 23.7 Å². The maximum absolute atomic E-state index is 12.2. The number of thiophene rings is 1. The van der Waals surface area contributed by atoms with Crippen LogP contribution in [0.1, 0.15) is 45.8 Å². The van der Waals surface area contributed by atoms with E-state index in [1.165, 1.54) is 23.3 Å². The number of carbonyl (C=O) groups is 1. The van der Waals surface area contributed by atoms with Gasteiger partial charge in [0.2, 0.25) is 0 Å². The van der Waals surface area contributed by atoms with Crippen molar-refractivity contribution in [3.63, 3.8) is 0 Å². The molecule has 0 aromatic carbocycles. The van der Waals surface area contributed by atoms with E-state index >= 15 is 0 Å². The van der Waals surface area contributed by atoms with Crippen molar-refractivity contribution >= 4 is 29.7 Å². The molecule has 3 rings (SSSR count). The second kappa shape index (κ2) is 6.73. The summed E-state index contributed by atoms with van der Waals surface area (Å²) in [6.07, 6.45) is 7.14. The van der Waals surface area contributed by atoms with Crippen LogP contribution < -0.4 is 10.6 Å². The quantitative estimate of drug-likeness (QED) is 0.881. The van der Waals surface area contributed by atoms with Crippen LogP contribution in [0.2, 0.25) is 0 Å². The molecular weight excluding hydrogens is 280 g/mol. The lowest BCUT2D eigenvalue weighted by atomic mass is 9.99. The zero-order chi connectivity index (χ0) is 12.4. The van der Waals surface area contributed by atoms with E-state index in [0.29, 0.717) is 6.04 Å². The fourth-order valence-corrected chi connectivity index (χ4v) is 3.99. The van der Waals surface area contributed by atoms with E-state index in [2.05, 4.69) is 16.7 Å². The van der Waals surface area contributed by atoms with Crippen LogP contribution in [0.25, 0.3) is 0 Å². The Morgan fingerprint density at radius 1 is 1.32 bits per heavy atom. The third-order valence-electron chi connectivity index (χ3n) is 3.85. The predicted molar refractivity (Wildman–Crippen MR) is 81.6 cm³/mol. The lowest BCUT2D eigenvalue weighted by Crippen LogP contribution is -2.45. The molecule has 1 fully saturated rings. The Hall–Kier alpha value is -0.580. The maximum Gasteiger partial charge on any atom is 0.261 e.